The molecule has 1 amide bonds. The lowest BCUT2D eigenvalue weighted by Crippen LogP contribution is -2.13. The molecular formula is C21H15ClF3NO2. The fraction of sp³-hybridized carbons (Fsp3) is 0.0952. The highest BCUT2D eigenvalue weighted by Crippen LogP contribution is 2.34. The molecule has 144 valence electrons. The van der Waals surface area contributed by atoms with Crippen molar-refractivity contribution in [2.75, 3.05) is 5.32 Å². The molecule has 3 aromatic carbocycles. The van der Waals surface area contributed by atoms with Crippen LogP contribution in [-0.2, 0) is 6.18 Å². The summed E-state index contributed by atoms with van der Waals surface area (Å²) in [7, 11) is 0. The number of aryl methyl sites for hydroxylation is 1. The molecule has 0 bridgehead atoms. The van der Waals surface area contributed by atoms with Crippen LogP contribution in [0, 0.1) is 6.92 Å². The quantitative estimate of drug-likeness (QED) is 0.523. The number of benzene rings is 3. The number of alkyl halides is 3. The summed E-state index contributed by atoms with van der Waals surface area (Å²) in [6.45, 7) is 1.94. The van der Waals surface area contributed by atoms with Gasteiger partial charge in [-0.25, -0.2) is 0 Å². The molecule has 0 heterocycles. The van der Waals surface area contributed by atoms with Crippen LogP contribution in [0.1, 0.15) is 21.5 Å². The predicted octanol–water partition coefficient (Wildman–Crippen LogP) is 6.71. The number of anilines is 1. The molecule has 0 radical (unpaired) electrons. The Labute approximate surface area is 164 Å². The van der Waals surface area contributed by atoms with Crippen LogP contribution in [0.25, 0.3) is 0 Å². The Morgan fingerprint density at radius 2 is 1.68 bits per heavy atom. The zero-order valence-electron chi connectivity index (χ0n) is 14.7. The molecule has 0 aliphatic carbocycles. The van der Waals surface area contributed by atoms with Gasteiger partial charge in [0, 0.05) is 5.56 Å². The van der Waals surface area contributed by atoms with Crippen LogP contribution in [0.15, 0.2) is 66.7 Å². The largest absolute Gasteiger partial charge is 0.457 e. The van der Waals surface area contributed by atoms with E-state index < -0.39 is 17.6 Å². The molecule has 0 aliphatic rings. The van der Waals surface area contributed by atoms with Crippen LogP contribution in [0.2, 0.25) is 5.02 Å². The molecule has 0 unspecified atom stereocenters. The van der Waals surface area contributed by atoms with E-state index in [1.54, 1.807) is 12.1 Å². The number of carbonyl (C=O) groups excluding carboxylic acids is 1. The van der Waals surface area contributed by atoms with E-state index in [1.165, 1.54) is 12.1 Å². The van der Waals surface area contributed by atoms with Crippen molar-refractivity contribution < 1.29 is 22.7 Å². The first kappa shape index (κ1) is 19.8. The summed E-state index contributed by atoms with van der Waals surface area (Å²) >= 11 is 5.90. The number of ether oxygens (including phenoxy) is 1. The Bertz CT molecular complexity index is 1000. The summed E-state index contributed by atoms with van der Waals surface area (Å²) in [6, 6.07) is 16.5. The second kappa shape index (κ2) is 7.94. The second-order valence-electron chi connectivity index (χ2n) is 6.09. The average molecular weight is 406 g/mol. The molecule has 0 atom stereocenters. The highest BCUT2D eigenvalue weighted by Gasteiger charge is 2.31. The second-order valence-corrected chi connectivity index (χ2v) is 6.50. The van der Waals surface area contributed by atoms with Crippen molar-refractivity contribution in [1.82, 2.24) is 0 Å². The van der Waals surface area contributed by atoms with Crippen molar-refractivity contribution >= 4 is 23.2 Å². The van der Waals surface area contributed by atoms with Gasteiger partial charge in [0.15, 0.2) is 0 Å². The Kier molecular flexibility index (Phi) is 5.61. The summed E-state index contributed by atoms with van der Waals surface area (Å²) in [6.07, 6.45) is -4.53. The molecule has 3 rings (SSSR count). The van der Waals surface area contributed by atoms with Crippen molar-refractivity contribution in [3.63, 3.8) is 0 Å². The molecule has 0 saturated heterocycles. The van der Waals surface area contributed by atoms with Gasteiger partial charge in [-0.2, -0.15) is 13.2 Å². The number of hydrogen-bond acceptors (Lipinski definition) is 2. The van der Waals surface area contributed by atoms with Crippen molar-refractivity contribution in [2.24, 2.45) is 0 Å². The normalized spacial score (nSPS) is 11.2. The van der Waals surface area contributed by atoms with Crippen molar-refractivity contribution in [3.05, 3.63) is 88.4 Å². The van der Waals surface area contributed by atoms with Crippen LogP contribution in [0.4, 0.5) is 18.9 Å². The van der Waals surface area contributed by atoms with Crippen molar-refractivity contribution in [3.8, 4) is 11.5 Å². The monoisotopic (exact) mass is 405 g/mol. The third-order valence-electron chi connectivity index (χ3n) is 3.88. The molecule has 28 heavy (non-hydrogen) atoms. The molecular weight excluding hydrogens is 391 g/mol. The highest BCUT2D eigenvalue weighted by atomic mass is 35.5. The Morgan fingerprint density at radius 3 is 2.32 bits per heavy atom. The lowest BCUT2D eigenvalue weighted by atomic mass is 10.1. The molecule has 0 aromatic heterocycles. The van der Waals surface area contributed by atoms with E-state index in [1.807, 2.05) is 31.2 Å². The van der Waals surface area contributed by atoms with Crippen LogP contribution in [0.3, 0.4) is 0 Å². The maximum Gasteiger partial charge on any atom is 0.416 e. The summed E-state index contributed by atoms with van der Waals surface area (Å²) in [5.74, 6) is 0.607. The number of halogens is 4. The molecule has 0 aliphatic heterocycles. The lowest BCUT2D eigenvalue weighted by molar-refractivity contribution is -0.137. The summed E-state index contributed by atoms with van der Waals surface area (Å²) in [5.41, 5.74) is 0.298. The number of carbonyl (C=O) groups is 1. The summed E-state index contributed by atoms with van der Waals surface area (Å²) in [4.78, 5) is 12.3. The van der Waals surface area contributed by atoms with Gasteiger partial charge in [-0.1, -0.05) is 23.7 Å². The van der Waals surface area contributed by atoms with E-state index in [-0.39, 0.29) is 16.3 Å². The Balaban J connectivity index is 1.73. The van der Waals surface area contributed by atoms with Crippen molar-refractivity contribution in [2.45, 2.75) is 13.1 Å². The fourth-order valence-electron chi connectivity index (χ4n) is 2.48. The summed E-state index contributed by atoms with van der Waals surface area (Å²) in [5, 5.41) is 2.42. The van der Waals surface area contributed by atoms with Gasteiger partial charge >= 0.3 is 6.18 Å². The van der Waals surface area contributed by atoms with Crippen LogP contribution in [-0.4, -0.2) is 5.91 Å². The van der Waals surface area contributed by atoms with Gasteiger partial charge in [0.25, 0.3) is 5.91 Å². The van der Waals surface area contributed by atoms with E-state index in [0.717, 1.165) is 23.8 Å². The molecule has 3 aromatic rings. The number of nitrogens with one attached hydrogen (secondary N) is 1. The van der Waals surface area contributed by atoms with Crippen molar-refractivity contribution in [1.29, 1.82) is 0 Å². The Hall–Kier alpha value is -2.99. The maximum atomic E-state index is 12.8. The zero-order valence-corrected chi connectivity index (χ0v) is 15.4. The van der Waals surface area contributed by atoms with Gasteiger partial charge in [0.05, 0.1) is 16.3 Å². The van der Waals surface area contributed by atoms with Gasteiger partial charge < -0.3 is 10.1 Å². The number of hydrogen-bond donors (Lipinski definition) is 1. The average Bonchev–Trinajstić information content (AvgIpc) is 2.63. The third kappa shape index (κ3) is 4.84. The molecule has 0 saturated carbocycles. The minimum absolute atomic E-state index is 0.0146. The smallest absolute Gasteiger partial charge is 0.416 e. The summed E-state index contributed by atoms with van der Waals surface area (Å²) < 4.78 is 44.2. The van der Waals surface area contributed by atoms with E-state index in [2.05, 4.69) is 5.32 Å². The predicted molar refractivity (Wildman–Crippen MR) is 102 cm³/mol. The molecule has 7 heteroatoms. The van der Waals surface area contributed by atoms with E-state index in [0.29, 0.717) is 11.5 Å². The fourth-order valence-corrected chi connectivity index (χ4v) is 2.65. The zero-order chi connectivity index (χ0) is 20.3. The minimum atomic E-state index is -4.53. The Morgan fingerprint density at radius 1 is 0.964 bits per heavy atom. The molecule has 0 spiro atoms. The lowest BCUT2D eigenvalue weighted by Gasteiger charge is -2.12. The number of amides is 1. The standard InChI is InChI=1S/C21H15ClF3NO2/c1-13-3-2-4-17(11-13)28-16-8-5-14(6-9-16)20(27)26-19-12-15(21(23,24)25)7-10-18(19)22/h2-12H,1H3,(H,26,27). The van der Waals surface area contributed by atoms with Gasteiger partial charge in [0.1, 0.15) is 11.5 Å². The van der Waals surface area contributed by atoms with E-state index in [9.17, 15) is 18.0 Å². The first-order valence-corrected chi connectivity index (χ1v) is 8.63. The first-order chi connectivity index (χ1) is 13.2. The van der Waals surface area contributed by atoms with Gasteiger partial charge in [0.2, 0.25) is 0 Å². The molecule has 3 nitrogen and oxygen atoms in total. The van der Waals surface area contributed by atoms with Crippen LogP contribution < -0.4 is 10.1 Å². The molecule has 0 fully saturated rings. The highest BCUT2D eigenvalue weighted by molar-refractivity contribution is 6.34. The number of rotatable bonds is 4. The van der Waals surface area contributed by atoms with Crippen LogP contribution in [0.5, 0.6) is 11.5 Å². The van der Waals surface area contributed by atoms with Crippen LogP contribution >= 0.6 is 11.6 Å². The SMILES string of the molecule is Cc1cccc(Oc2ccc(C(=O)Nc3cc(C(F)(F)F)ccc3Cl)cc2)c1. The third-order valence-corrected chi connectivity index (χ3v) is 4.21. The topological polar surface area (TPSA) is 38.3 Å². The van der Waals surface area contributed by atoms with E-state index >= 15 is 0 Å². The van der Waals surface area contributed by atoms with Gasteiger partial charge in [-0.3, -0.25) is 4.79 Å². The van der Waals surface area contributed by atoms with E-state index in [4.69, 9.17) is 16.3 Å². The van der Waals surface area contributed by atoms with Gasteiger partial charge in [-0.05, 0) is 67.1 Å². The maximum absolute atomic E-state index is 12.8. The molecule has 1 N–H and O–H groups in total. The first-order valence-electron chi connectivity index (χ1n) is 8.25. The van der Waals surface area contributed by atoms with Gasteiger partial charge in [-0.15, -0.1) is 0 Å². The minimum Gasteiger partial charge on any atom is -0.457 e.